The molecule has 0 atom stereocenters. The summed E-state index contributed by atoms with van der Waals surface area (Å²) in [6.07, 6.45) is -1.68. The molecule has 0 fully saturated rings. The fraction of sp³-hybridized carbons (Fsp3) is 0.125. The largest absolute Gasteiger partial charge is 0.416 e. The van der Waals surface area contributed by atoms with Crippen molar-refractivity contribution in [2.75, 3.05) is 0 Å². The van der Waals surface area contributed by atoms with E-state index in [0.29, 0.717) is 26.4 Å². The van der Waals surface area contributed by atoms with Gasteiger partial charge in [0.1, 0.15) is 5.82 Å². The quantitative estimate of drug-likeness (QED) is 0.412. The number of pyridine rings is 1. The van der Waals surface area contributed by atoms with E-state index in [2.05, 4.69) is 15.4 Å². The number of hydrogen-bond acceptors (Lipinski definition) is 5. The summed E-state index contributed by atoms with van der Waals surface area (Å²) >= 11 is 0. The second-order valence-corrected chi connectivity index (χ2v) is 7.65. The molecule has 0 saturated heterocycles. The van der Waals surface area contributed by atoms with Crippen LogP contribution in [0.4, 0.5) is 17.6 Å². The lowest BCUT2D eigenvalue weighted by molar-refractivity contribution is -0.137. The van der Waals surface area contributed by atoms with Crippen molar-refractivity contribution < 1.29 is 22.4 Å². The second-order valence-electron chi connectivity index (χ2n) is 7.65. The van der Waals surface area contributed by atoms with Crippen LogP contribution in [0.3, 0.4) is 0 Å². The van der Waals surface area contributed by atoms with E-state index in [0.717, 1.165) is 24.3 Å². The van der Waals surface area contributed by atoms with Crippen molar-refractivity contribution in [1.82, 2.24) is 24.6 Å². The first-order chi connectivity index (χ1) is 17.1. The van der Waals surface area contributed by atoms with Crippen LogP contribution in [0, 0.1) is 5.82 Å². The first-order valence-corrected chi connectivity index (χ1v) is 10.5. The van der Waals surface area contributed by atoms with E-state index in [9.17, 15) is 31.9 Å². The van der Waals surface area contributed by atoms with Crippen molar-refractivity contribution in [1.29, 1.82) is 0 Å². The van der Waals surface area contributed by atoms with Crippen LogP contribution >= 0.6 is 0 Å². The van der Waals surface area contributed by atoms with Crippen molar-refractivity contribution in [2.45, 2.75) is 19.3 Å². The Balaban J connectivity index is 1.81. The van der Waals surface area contributed by atoms with Crippen LogP contribution in [0.2, 0.25) is 0 Å². The van der Waals surface area contributed by atoms with Crippen LogP contribution in [0.25, 0.3) is 5.69 Å². The standard InChI is InChI=1S/C24H17F4N5O3/c25-18-8-6-15(7-9-18)14-32-22(35)20(21(34)30-13-16-3-2-10-29-12-16)31-33(23(32)36)19-5-1-4-17(11-19)24(26,27)28/h1-12H,13-14H2,(H,30,34). The van der Waals surface area contributed by atoms with Crippen LogP contribution in [0.15, 0.2) is 82.6 Å². The fourth-order valence-electron chi connectivity index (χ4n) is 3.32. The molecule has 36 heavy (non-hydrogen) atoms. The summed E-state index contributed by atoms with van der Waals surface area (Å²) in [7, 11) is 0. The summed E-state index contributed by atoms with van der Waals surface area (Å²) < 4.78 is 54.3. The molecule has 8 nitrogen and oxygen atoms in total. The summed E-state index contributed by atoms with van der Waals surface area (Å²) in [5.41, 5.74) is -3.24. The van der Waals surface area contributed by atoms with Crippen molar-refractivity contribution in [3.8, 4) is 5.69 Å². The maximum Gasteiger partial charge on any atom is 0.416 e. The van der Waals surface area contributed by atoms with E-state index in [-0.39, 0.29) is 18.8 Å². The van der Waals surface area contributed by atoms with Crippen LogP contribution < -0.4 is 16.6 Å². The SMILES string of the molecule is O=C(NCc1cccnc1)c1nn(-c2cccc(C(F)(F)F)c2)c(=O)n(Cc2ccc(F)cc2)c1=O. The third-order valence-electron chi connectivity index (χ3n) is 5.12. The van der Waals surface area contributed by atoms with E-state index in [1.807, 2.05) is 0 Å². The number of aromatic nitrogens is 4. The molecule has 0 spiro atoms. The molecule has 0 radical (unpaired) electrons. The molecule has 2 heterocycles. The summed E-state index contributed by atoms with van der Waals surface area (Å²) in [5, 5.41) is 6.30. The summed E-state index contributed by atoms with van der Waals surface area (Å²) in [6, 6.07) is 12.0. The number of rotatable bonds is 6. The Labute approximate surface area is 200 Å². The number of halogens is 4. The monoisotopic (exact) mass is 499 g/mol. The highest BCUT2D eigenvalue weighted by atomic mass is 19.4. The van der Waals surface area contributed by atoms with Gasteiger partial charge in [0.25, 0.3) is 11.5 Å². The first-order valence-electron chi connectivity index (χ1n) is 10.5. The van der Waals surface area contributed by atoms with Crippen LogP contribution in [0.1, 0.15) is 27.2 Å². The molecule has 1 amide bonds. The third kappa shape index (κ3) is 5.37. The van der Waals surface area contributed by atoms with Gasteiger partial charge >= 0.3 is 11.9 Å². The highest BCUT2D eigenvalue weighted by molar-refractivity contribution is 5.91. The maximum atomic E-state index is 13.3. The zero-order chi connectivity index (χ0) is 25.9. The second kappa shape index (κ2) is 9.94. The van der Waals surface area contributed by atoms with E-state index >= 15 is 0 Å². The van der Waals surface area contributed by atoms with Gasteiger partial charge in [0.15, 0.2) is 0 Å². The number of carbonyl (C=O) groups is 1. The Morgan fingerprint density at radius 2 is 1.72 bits per heavy atom. The molecule has 0 aliphatic heterocycles. The number of amides is 1. The van der Waals surface area contributed by atoms with Gasteiger partial charge in [0.2, 0.25) is 5.69 Å². The smallest absolute Gasteiger partial charge is 0.346 e. The first kappa shape index (κ1) is 24.5. The minimum atomic E-state index is -4.70. The molecular formula is C24H17F4N5O3. The minimum absolute atomic E-state index is 0.0194. The minimum Gasteiger partial charge on any atom is -0.346 e. The van der Waals surface area contributed by atoms with Gasteiger partial charge in [-0.05, 0) is 47.5 Å². The number of hydrogen-bond donors (Lipinski definition) is 1. The van der Waals surface area contributed by atoms with Gasteiger partial charge in [-0.15, -0.1) is 0 Å². The summed E-state index contributed by atoms with van der Waals surface area (Å²) in [5.74, 6) is -1.49. The Morgan fingerprint density at radius 3 is 2.39 bits per heavy atom. The molecule has 2 aromatic carbocycles. The van der Waals surface area contributed by atoms with Crippen LogP contribution in [0.5, 0.6) is 0 Å². The number of nitrogens with zero attached hydrogens (tertiary/aromatic N) is 4. The molecule has 184 valence electrons. The van der Waals surface area contributed by atoms with E-state index in [1.54, 1.807) is 12.1 Å². The third-order valence-corrected chi connectivity index (χ3v) is 5.12. The zero-order valence-electron chi connectivity index (χ0n) is 18.4. The molecule has 4 rings (SSSR count). The molecule has 0 unspecified atom stereocenters. The van der Waals surface area contributed by atoms with Crippen molar-refractivity contribution >= 4 is 5.91 Å². The lowest BCUT2D eigenvalue weighted by Gasteiger charge is -2.14. The normalized spacial score (nSPS) is 11.3. The number of nitrogens with one attached hydrogen (secondary N) is 1. The molecule has 1 N–H and O–H groups in total. The summed E-state index contributed by atoms with van der Waals surface area (Å²) in [4.78, 5) is 43.0. The highest BCUT2D eigenvalue weighted by Gasteiger charge is 2.31. The molecule has 0 bridgehead atoms. The van der Waals surface area contributed by atoms with Crippen molar-refractivity contribution in [3.63, 3.8) is 0 Å². The van der Waals surface area contributed by atoms with Gasteiger partial charge < -0.3 is 5.32 Å². The Hall–Kier alpha value is -4.61. The Bertz CT molecular complexity index is 1510. The average molecular weight is 499 g/mol. The van der Waals surface area contributed by atoms with Crippen LogP contribution in [-0.4, -0.2) is 25.2 Å². The predicted molar refractivity (Wildman–Crippen MR) is 120 cm³/mol. The van der Waals surface area contributed by atoms with Gasteiger partial charge in [0.05, 0.1) is 17.8 Å². The van der Waals surface area contributed by atoms with Gasteiger partial charge in [0, 0.05) is 18.9 Å². The van der Waals surface area contributed by atoms with Crippen molar-refractivity contribution in [2.24, 2.45) is 0 Å². The maximum absolute atomic E-state index is 13.3. The predicted octanol–water partition coefficient (Wildman–Crippen LogP) is 2.93. The lowest BCUT2D eigenvalue weighted by atomic mass is 10.2. The molecule has 12 heteroatoms. The molecule has 2 aromatic heterocycles. The Kier molecular flexibility index (Phi) is 6.77. The Morgan fingerprint density at radius 1 is 0.972 bits per heavy atom. The molecule has 0 aliphatic carbocycles. The molecule has 0 saturated carbocycles. The number of carbonyl (C=O) groups excluding carboxylic acids is 1. The topological polar surface area (TPSA) is 98.9 Å². The van der Waals surface area contributed by atoms with E-state index in [1.165, 1.54) is 30.6 Å². The molecule has 0 aliphatic rings. The summed E-state index contributed by atoms with van der Waals surface area (Å²) in [6.45, 7) is -0.392. The fourth-order valence-corrected chi connectivity index (χ4v) is 3.32. The van der Waals surface area contributed by atoms with Crippen LogP contribution in [-0.2, 0) is 19.3 Å². The van der Waals surface area contributed by atoms with Crippen molar-refractivity contribution in [3.05, 3.63) is 122 Å². The van der Waals surface area contributed by atoms with Gasteiger partial charge in [-0.3, -0.25) is 19.1 Å². The zero-order valence-corrected chi connectivity index (χ0v) is 18.4. The molecular weight excluding hydrogens is 482 g/mol. The lowest BCUT2D eigenvalue weighted by Crippen LogP contribution is -2.46. The average Bonchev–Trinajstić information content (AvgIpc) is 2.86. The molecule has 4 aromatic rings. The highest BCUT2D eigenvalue weighted by Crippen LogP contribution is 2.29. The van der Waals surface area contributed by atoms with Gasteiger partial charge in [-0.25, -0.2) is 9.18 Å². The van der Waals surface area contributed by atoms with E-state index < -0.39 is 40.4 Å². The number of alkyl halides is 3. The van der Waals surface area contributed by atoms with Gasteiger partial charge in [-0.2, -0.15) is 23.0 Å². The van der Waals surface area contributed by atoms with Gasteiger partial charge in [-0.1, -0.05) is 24.3 Å². The number of benzene rings is 2. The van der Waals surface area contributed by atoms with E-state index in [4.69, 9.17) is 0 Å².